The number of aliphatic hydroxyl groups is 2. The fourth-order valence-electron chi connectivity index (χ4n) is 5.46. The normalized spacial score (nSPS) is 23.9. The Morgan fingerprint density at radius 3 is 2.53 bits per heavy atom. The van der Waals surface area contributed by atoms with Gasteiger partial charge in [0, 0.05) is 22.7 Å². The number of hydrogen-bond donors (Lipinski definition) is 4. The second-order valence-electron chi connectivity index (χ2n) is 12.3. The summed E-state index contributed by atoms with van der Waals surface area (Å²) in [7, 11) is -6.68. The zero-order chi connectivity index (χ0) is 36.8. The van der Waals surface area contributed by atoms with Crippen LogP contribution in [0, 0.1) is 0 Å². The predicted molar refractivity (Wildman–Crippen MR) is 184 cm³/mol. The van der Waals surface area contributed by atoms with Crippen LogP contribution in [0.2, 0.25) is 10.0 Å². The van der Waals surface area contributed by atoms with E-state index in [0.29, 0.717) is 15.6 Å². The van der Waals surface area contributed by atoms with Gasteiger partial charge in [-0.1, -0.05) is 41.4 Å². The Balaban J connectivity index is 1.21. The van der Waals surface area contributed by atoms with Crippen LogP contribution in [0.15, 0.2) is 61.2 Å². The number of carbonyl (C=O) groups excluding carboxylic acids is 1. The molecule has 0 bridgehead atoms. The highest BCUT2D eigenvalue weighted by atomic mass is 35.5. The summed E-state index contributed by atoms with van der Waals surface area (Å²) in [6, 6.07) is 12.8. The molecule has 0 radical (unpaired) electrons. The van der Waals surface area contributed by atoms with Crippen LogP contribution in [-0.2, 0) is 40.0 Å². The zero-order valence-corrected chi connectivity index (χ0v) is 30.6. The van der Waals surface area contributed by atoms with Crippen LogP contribution < -0.4 is 19.5 Å². The Kier molecular flexibility index (Phi) is 10.4. The summed E-state index contributed by atoms with van der Waals surface area (Å²) >= 11 is 12.2. The maximum absolute atomic E-state index is 14.4. The molecule has 5 atom stereocenters. The molecule has 2 aromatic carbocycles. The average molecular weight is 787 g/mol. The van der Waals surface area contributed by atoms with Crippen molar-refractivity contribution in [2.45, 2.75) is 55.9 Å². The Hall–Kier alpha value is -3.42. The number of carbonyl (C=O) groups is 1. The third kappa shape index (κ3) is 8.15. The van der Waals surface area contributed by atoms with E-state index in [4.69, 9.17) is 41.7 Å². The number of anilines is 1. The fraction of sp³-hybridized carbons (Fsp3) is 0.400. The number of benzene rings is 2. The van der Waals surface area contributed by atoms with Gasteiger partial charge < -0.3 is 24.2 Å². The maximum atomic E-state index is 14.4. The lowest BCUT2D eigenvalue weighted by Crippen LogP contribution is -2.45. The largest absolute Gasteiger partial charge is 0.459 e. The van der Waals surface area contributed by atoms with E-state index in [1.54, 1.807) is 24.3 Å². The standard InChI is InChI=1S/C30H34Cl2N7O10PS/c1-29(42)24(40)22(48-27(29)39-17-35-23-25(33-16-34-26(23)39)38(2)37-51(3,44)45)15-47-50(43,49-20-10-8-19(31)9-11-20)36-30(12-13-30)28(41)46-14-18-6-4-5-7-21(18)32/h4-11,16-17,22,24,27,37,40,42H,12-15H2,1-3H3,(H,36,43)/t22?,24-,27?,29-,50?/m1/s1. The number of rotatable bonds is 14. The highest BCUT2D eigenvalue weighted by Gasteiger charge is 2.58. The van der Waals surface area contributed by atoms with Crippen LogP contribution in [0.5, 0.6) is 5.75 Å². The molecule has 3 heterocycles. The van der Waals surface area contributed by atoms with Crippen molar-refractivity contribution in [1.29, 1.82) is 0 Å². The number of aromatic nitrogens is 4. The topological polar surface area (TPSA) is 217 Å². The third-order valence-corrected chi connectivity index (χ3v) is 11.1. The van der Waals surface area contributed by atoms with Crippen molar-refractivity contribution in [1.82, 2.24) is 29.4 Å². The number of fused-ring (bicyclic) bond motifs is 1. The number of hydrogen-bond acceptors (Lipinski definition) is 14. The van der Waals surface area contributed by atoms with Crippen LogP contribution in [-0.4, -0.2) is 87.4 Å². The number of esters is 1. The van der Waals surface area contributed by atoms with E-state index in [0.717, 1.165) is 11.3 Å². The average Bonchev–Trinajstić information content (AvgIpc) is 3.65. The van der Waals surface area contributed by atoms with E-state index >= 15 is 0 Å². The number of nitrogens with zero attached hydrogens (tertiary/aromatic N) is 5. The van der Waals surface area contributed by atoms with E-state index < -0.39 is 59.9 Å². The second-order valence-corrected chi connectivity index (χ2v) is 16.6. The van der Waals surface area contributed by atoms with E-state index in [1.807, 2.05) is 0 Å². The summed E-state index contributed by atoms with van der Waals surface area (Å²) in [6.07, 6.45) is -0.245. The first-order valence-electron chi connectivity index (χ1n) is 15.3. The second kappa shape index (κ2) is 14.2. The molecule has 2 aromatic heterocycles. The molecule has 2 fully saturated rings. The Morgan fingerprint density at radius 2 is 1.86 bits per heavy atom. The Bertz CT molecular complexity index is 2080. The molecule has 1 saturated heterocycles. The fourth-order valence-corrected chi connectivity index (χ4v) is 8.10. The third-order valence-electron chi connectivity index (χ3n) is 8.22. The maximum Gasteiger partial charge on any atom is 0.459 e. The predicted octanol–water partition coefficient (Wildman–Crippen LogP) is 3.11. The summed E-state index contributed by atoms with van der Waals surface area (Å²) < 4.78 is 62.5. The first-order valence-corrected chi connectivity index (χ1v) is 19.5. The smallest absolute Gasteiger partial charge is 0.459 e. The summed E-state index contributed by atoms with van der Waals surface area (Å²) in [5, 5.41) is 27.4. The SMILES string of the molecule is CN(NS(C)(=O)=O)c1ncnc2c1ncn2C1OC(COP(=O)(NC2(C(=O)OCc3ccccc3Cl)CC2)Oc2ccc(Cl)cc2)[C@@H](O)[C@@]1(C)O. The van der Waals surface area contributed by atoms with Gasteiger partial charge in [0.05, 0.1) is 19.2 Å². The molecule has 1 aliphatic carbocycles. The number of halogens is 2. The van der Waals surface area contributed by atoms with Crippen LogP contribution in [0.25, 0.3) is 11.2 Å². The number of aliphatic hydroxyl groups excluding tert-OH is 1. The van der Waals surface area contributed by atoms with Gasteiger partial charge in [-0.05, 0) is 50.1 Å². The van der Waals surface area contributed by atoms with Gasteiger partial charge in [0.2, 0.25) is 10.0 Å². The van der Waals surface area contributed by atoms with Gasteiger partial charge in [-0.15, -0.1) is 4.83 Å². The quantitative estimate of drug-likeness (QED) is 0.0821. The highest BCUT2D eigenvalue weighted by molar-refractivity contribution is 7.88. The molecule has 0 amide bonds. The van der Waals surface area contributed by atoms with Gasteiger partial charge in [-0.3, -0.25) is 18.9 Å². The molecule has 1 saturated carbocycles. The van der Waals surface area contributed by atoms with Crippen molar-refractivity contribution in [2.75, 3.05) is 24.9 Å². The highest BCUT2D eigenvalue weighted by Crippen LogP contribution is 2.53. The minimum atomic E-state index is -4.44. The number of nitrogens with one attached hydrogen (secondary N) is 2. The van der Waals surface area contributed by atoms with Crippen LogP contribution in [0.4, 0.5) is 5.82 Å². The molecule has 4 aromatic rings. The molecule has 1 aliphatic heterocycles. The molecule has 21 heteroatoms. The van der Waals surface area contributed by atoms with Gasteiger partial charge >= 0.3 is 13.7 Å². The van der Waals surface area contributed by atoms with Crippen molar-refractivity contribution in [3.8, 4) is 5.75 Å². The molecule has 2 aliphatic rings. The monoisotopic (exact) mass is 785 g/mol. The van der Waals surface area contributed by atoms with Crippen molar-refractivity contribution in [3.63, 3.8) is 0 Å². The lowest BCUT2D eigenvalue weighted by Gasteiger charge is -2.27. The Labute approximate surface area is 302 Å². The molecule has 51 heavy (non-hydrogen) atoms. The summed E-state index contributed by atoms with van der Waals surface area (Å²) in [6.45, 7) is 0.623. The van der Waals surface area contributed by atoms with Crippen molar-refractivity contribution in [2.24, 2.45) is 0 Å². The van der Waals surface area contributed by atoms with E-state index in [2.05, 4.69) is 24.9 Å². The molecule has 17 nitrogen and oxygen atoms in total. The minimum Gasteiger partial charge on any atom is -0.459 e. The first kappa shape index (κ1) is 37.3. The van der Waals surface area contributed by atoms with Crippen LogP contribution in [0.3, 0.4) is 0 Å². The van der Waals surface area contributed by atoms with Crippen LogP contribution >= 0.6 is 30.9 Å². The van der Waals surface area contributed by atoms with Crippen molar-refractivity contribution >= 4 is 63.9 Å². The molecule has 0 spiro atoms. The minimum absolute atomic E-state index is 0.101. The van der Waals surface area contributed by atoms with E-state index in [1.165, 1.54) is 55.5 Å². The Morgan fingerprint density at radius 1 is 1.16 bits per heavy atom. The molecular formula is C30H34Cl2N7O10PS. The zero-order valence-electron chi connectivity index (χ0n) is 27.3. The lowest BCUT2D eigenvalue weighted by molar-refractivity contribution is -0.148. The van der Waals surface area contributed by atoms with Gasteiger partial charge in [0.1, 0.15) is 42.0 Å². The van der Waals surface area contributed by atoms with Crippen molar-refractivity contribution in [3.05, 3.63) is 76.8 Å². The molecule has 6 rings (SSSR count). The molecular weight excluding hydrogens is 752 g/mol. The lowest BCUT2D eigenvalue weighted by atomic mass is 9.96. The van der Waals surface area contributed by atoms with Gasteiger partial charge in [0.15, 0.2) is 23.2 Å². The number of ether oxygens (including phenoxy) is 2. The van der Waals surface area contributed by atoms with Gasteiger partial charge in [-0.25, -0.2) is 27.9 Å². The summed E-state index contributed by atoms with van der Waals surface area (Å²) in [5.74, 6) is -0.492. The van der Waals surface area contributed by atoms with E-state index in [-0.39, 0.29) is 42.2 Å². The van der Waals surface area contributed by atoms with Gasteiger partial charge in [-0.2, -0.15) is 5.09 Å². The number of sulfonamides is 1. The van der Waals surface area contributed by atoms with E-state index in [9.17, 15) is 28.0 Å². The first-order chi connectivity index (χ1) is 24.0. The molecule has 3 unspecified atom stereocenters. The molecule has 274 valence electrons. The summed E-state index contributed by atoms with van der Waals surface area (Å²) in [5.41, 5.74) is -2.49. The number of imidazole rings is 1. The number of hydrazine groups is 1. The molecule has 4 N–H and O–H groups in total. The van der Waals surface area contributed by atoms with Gasteiger partial charge in [0.25, 0.3) is 0 Å². The van der Waals surface area contributed by atoms with Crippen molar-refractivity contribution < 1.29 is 46.5 Å². The van der Waals surface area contributed by atoms with Crippen LogP contribution in [0.1, 0.15) is 31.6 Å². The summed E-state index contributed by atoms with van der Waals surface area (Å²) in [4.78, 5) is 28.2.